The monoisotopic (exact) mass is 232 g/mol. The van der Waals surface area contributed by atoms with Gasteiger partial charge >= 0.3 is 0 Å². The summed E-state index contributed by atoms with van der Waals surface area (Å²) in [7, 11) is 2.19. The first-order valence-electron chi connectivity index (χ1n) is 6.57. The Hall–Kier alpha value is -1.00. The Balaban J connectivity index is 1.79. The number of likely N-dealkylation sites (tertiary alicyclic amines) is 1. The Morgan fingerprint density at radius 1 is 1.35 bits per heavy atom. The van der Waals surface area contributed by atoms with E-state index in [4.69, 9.17) is 4.98 Å². The van der Waals surface area contributed by atoms with Gasteiger partial charge in [-0.15, -0.1) is 0 Å². The zero-order chi connectivity index (χ0) is 11.7. The highest BCUT2D eigenvalue weighted by Crippen LogP contribution is 2.25. The van der Waals surface area contributed by atoms with E-state index in [-0.39, 0.29) is 0 Å². The minimum Gasteiger partial charge on any atom is -0.311 e. The maximum atomic E-state index is 4.77. The summed E-state index contributed by atoms with van der Waals surface area (Å²) in [6.07, 6.45) is 5.52. The molecule has 1 N–H and O–H groups in total. The van der Waals surface area contributed by atoms with Crippen molar-refractivity contribution in [2.45, 2.75) is 31.7 Å². The molecule has 0 spiro atoms. The van der Waals surface area contributed by atoms with Crippen molar-refractivity contribution in [2.75, 3.05) is 26.7 Å². The average molecular weight is 232 g/mol. The van der Waals surface area contributed by atoms with Crippen molar-refractivity contribution < 1.29 is 0 Å². The molecular weight excluding hydrogens is 212 g/mol. The highest BCUT2D eigenvalue weighted by atomic mass is 15.1. The predicted molar refractivity (Wildman–Crippen MR) is 66.9 cm³/mol. The number of hydrogen-bond acceptors (Lipinski definition) is 4. The van der Waals surface area contributed by atoms with Gasteiger partial charge in [0.15, 0.2) is 0 Å². The fraction of sp³-hybridized carbons (Fsp3) is 0.692. The van der Waals surface area contributed by atoms with Crippen LogP contribution in [0.2, 0.25) is 0 Å². The molecule has 0 aliphatic carbocycles. The summed E-state index contributed by atoms with van der Waals surface area (Å²) in [4.78, 5) is 11.7. The molecular formula is C13H20N4. The number of piperidine rings is 1. The van der Waals surface area contributed by atoms with E-state index in [1.165, 1.54) is 37.2 Å². The summed E-state index contributed by atoms with van der Waals surface area (Å²) in [5, 5.41) is 3.38. The van der Waals surface area contributed by atoms with Gasteiger partial charge in [-0.05, 0) is 51.5 Å². The number of fused-ring (bicyclic) bond motifs is 1. The van der Waals surface area contributed by atoms with Crippen LogP contribution in [0.5, 0.6) is 0 Å². The van der Waals surface area contributed by atoms with Crippen molar-refractivity contribution in [3.63, 3.8) is 0 Å². The van der Waals surface area contributed by atoms with Crippen molar-refractivity contribution >= 4 is 0 Å². The van der Waals surface area contributed by atoms with E-state index in [0.717, 1.165) is 25.3 Å². The first-order valence-corrected chi connectivity index (χ1v) is 6.57. The smallest absolute Gasteiger partial charge is 0.131 e. The first kappa shape index (κ1) is 11.1. The average Bonchev–Trinajstić information content (AvgIpc) is 2.39. The topological polar surface area (TPSA) is 41.1 Å². The molecule has 1 fully saturated rings. The molecule has 0 saturated carbocycles. The molecule has 1 aromatic rings. The normalized spacial score (nSPS) is 22.4. The van der Waals surface area contributed by atoms with Crippen molar-refractivity contribution in [1.29, 1.82) is 0 Å². The van der Waals surface area contributed by atoms with Gasteiger partial charge in [0.05, 0.1) is 5.69 Å². The molecule has 2 aliphatic rings. The SMILES string of the molecule is CN1CCC(c2ncc3c(n2)CNCC3)CC1. The second-order valence-corrected chi connectivity index (χ2v) is 5.20. The van der Waals surface area contributed by atoms with E-state index in [9.17, 15) is 0 Å². The maximum Gasteiger partial charge on any atom is 0.131 e. The molecule has 4 heteroatoms. The Bertz CT molecular complexity index is 396. The van der Waals surface area contributed by atoms with Gasteiger partial charge in [-0.3, -0.25) is 0 Å². The zero-order valence-corrected chi connectivity index (χ0v) is 10.4. The van der Waals surface area contributed by atoms with Gasteiger partial charge < -0.3 is 10.2 Å². The Morgan fingerprint density at radius 2 is 2.18 bits per heavy atom. The molecule has 3 rings (SSSR count). The third-order valence-corrected chi connectivity index (χ3v) is 3.92. The fourth-order valence-corrected chi connectivity index (χ4v) is 2.71. The quantitative estimate of drug-likeness (QED) is 0.782. The van der Waals surface area contributed by atoms with Crippen molar-refractivity contribution in [2.24, 2.45) is 0 Å². The van der Waals surface area contributed by atoms with Gasteiger partial charge in [0, 0.05) is 18.7 Å². The van der Waals surface area contributed by atoms with Crippen LogP contribution in [0, 0.1) is 0 Å². The van der Waals surface area contributed by atoms with E-state index in [1.807, 2.05) is 0 Å². The van der Waals surface area contributed by atoms with Crippen LogP contribution in [0.15, 0.2) is 6.20 Å². The second-order valence-electron chi connectivity index (χ2n) is 5.20. The lowest BCUT2D eigenvalue weighted by Crippen LogP contribution is -2.31. The van der Waals surface area contributed by atoms with Crippen LogP contribution in [-0.2, 0) is 13.0 Å². The first-order chi connectivity index (χ1) is 8.33. The molecule has 0 bridgehead atoms. The molecule has 92 valence electrons. The Kier molecular flexibility index (Phi) is 3.07. The lowest BCUT2D eigenvalue weighted by Gasteiger charge is -2.28. The molecule has 17 heavy (non-hydrogen) atoms. The lowest BCUT2D eigenvalue weighted by molar-refractivity contribution is 0.251. The molecule has 3 heterocycles. The molecule has 2 aliphatic heterocycles. The van der Waals surface area contributed by atoms with Crippen LogP contribution in [0.25, 0.3) is 0 Å². The highest BCUT2D eigenvalue weighted by molar-refractivity contribution is 5.21. The van der Waals surface area contributed by atoms with Gasteiger partial charge in [-0.1, -0.05) is 0 Å². The van der Waals surface area contributed by atoms with Gasteiger partial charge in [0.2, 0.25) is 0 Å². The van der Waals surface area contributed by atoms with E-state index in [1.54, 1.807) is 0 Å². The molecule has 0 amide bonds. The van der Waals surface area contributed by atoms with Crippen molar-refractivity contribution in [1.82, 2.24) is 20.2 Å². The summed E-state index contributed by atoms with van der Waals surface area (Å²) in [5.74, 6) is 1.64. The molecule has 0 radical (unpaired) electrons. The third-order valence-electron chi connectivity index (χ3n) is 3.92. The number of hydrogen-bond donors (Lipinski definition) is 1. The van der Waals surface area contributed by atoms with E-state index in [2.05, 4.69) is 28.4 Å². The fourth-order valence-electron chi connectivity index (χ4n) is 2.71. The molecule has 0 atom stereocenters. The van der Waals surface area contributed by atoms with Crippen LogP contribution < -0.4 is 5.32 Å². The van der Waals surface area contributed by atoms with Crippen molar-refractivity contribution in [3.8, 4) is 0 Å². The zero-order valence-electron chi connectivity index (χ0n) is 10.4. The standard InChI is InChI=1S/C13H20N4/c1-17-6-3-10(4-7-17)13-15-8-11-2-5-14-9-12(11)16-13/h8,10,14H,2-7,9H2,1H3. The Morgan fingerprint density at radius 3 is 3.00 bits per heavy atom. The summed E-state index contributed by atoms with van der Waals surface area (Å²) in [5.41, 5.74) is 2.56. The minimum atomic E-state index is 0.568. The minimum absolute atomic E-state index is 0.568. The number of aromatic nitrogens is 2. The summed E-state index contributed by atoms with van der Waals surface area (Å²) >= 11 is 0. The van der Waals surface area contributed by atoms with Crippen LogP contribution in [0.4, 0.5) is 0 Å². The predicted octanol–water partition coefficient (Wildman–Crippen LogP) is 0.931. The van der Waals surface area contributed by atoms with Crippen LogP contribution in [0.3, 0.4) is 0 Å². The molecule has 0 unspecified atom stereocenters. The summed E-state index contributed by atoms with van der Waals surface area (Å²) < 4.78 is 0. The van der Waals surface area contributed by atoms with Gasteiger partial charge in [-0.25, -0.2) is 9.97 Å². The van der Waals surface area contributed by atoms with E-state index < -0.39 is 0 Å². The van der Waals surface area contributed by atoms with E-state index in [0.29, 0.717) is 5.92 Å². The van der Waals surface area contributed by atoms with Crippen LogP contribution in [0.1, 0.15) is 35.8 Å². The molecule has 4 nitrogen and oxygen atoms in total. The maximum absolute atomic E-state index is 4.77. The second kappa shape index (κ2) is 4.70. The summed E-state index contributed by atoms with van der Waals surface area (Å²) in [6.45, 7) is 4.31. The molecule has 0 aromatic carbocycles. The lowest BCUT2D eigenvalue weighted by atomic mass is 9.96. The van der Waals surface area contributed by atoms with Gasteiger partial charge in [0.1, 0.15) is 5.82 Å². The van der Waals surface area contributed by atoms with Crippen LogP contribution >= 0.6 is 0 Å². The van der Waals surface area contributed by atoms with Gasteiger partial charge in [-0.2, -0.15) is 0 Å². The number of nitrogens with zero attached hydrogens (tertiary/aromatic N) is 3. The number of rotatable bonds is 1. The van der Waals surface area contributed by atoms with E-state index >= 15 is 0 Å². The number of nitrogens with one attached hydrogen (secondary N) is 1. The molecule has 1 saturated heterocycles. The highest BCUT2D eigenvalue weighted by Gasteiger charge is 2.22. The van der Waals surface area contributed by atoms with Crippen molar-refractivity contribution in [3.05, 3.63) is 23.3 Å². The largest absolute Gasteiger partial charge is 0.311 e. The third kappa shape index (κ3) is 2.33. The van der Waals surface area contributed by atoms with Crippen LogP contribution in [-0.4, -0.2) is 41.5 Å². The molecule has 1 aromatic heterocycles. The Labute approximate surface area is 102 Å². The van der Waals surface area contributed by atoms with Gasteiger partial charge in [0.25, 0.3) is 0 Å². The summed E-state index contributed by atoms with van der Waals surface area (Å²) in [6, 6.07) is 0.